The van der Waals surface area contributed by atoms with E-state index in [0.717, 1.165) is 18.2 Å². The molecule has 0 fully saturated rings. The number of rotatable bonds is 8. The number of ether oxygens (including phenoxy) is 2. The van der Waals surface area contributed by atoms with Crippen LogP contribution in [0.2, 0.25) is 0 Å². The van der Waals surface area contributed by atoms with E-state index in [4.69, 9.17) is 9.47 Å². The zero-order valence-corrected chi connectivity index (χ0v) is 18.1. The van der Waals surface area contributed by atoms with E-state index in [1.807, 2.05) is 0 Å². The van der Waals surface area contributed by atoms with E-state index in [2.05, 4.69) is 5.32 Å². The molecule has 0 saturated heterocycles. The van der Waals surface area contributed by atoms with E-state index in [1.165, 1.54) is 16.4 Å². The molecule has 2 aromatic rings. The molecule has 1 aliphatic rings. The van der Waals surface area contributed by atoms with Gasteiger partial charge in [-0.25, -0.2) is 17.2 Å². The molecule has 0 atom stereocenters. The van der Waals surface area contributed by atoms with Crippen LogP contribution in [0.4, 0.5) is 8.78 Å². The summed E-state index contributed by atoms with van der Waals surface area (Å²) in [5, 5.41) is 2.55. The predicted octanol–water partition coefficient (Wildman–Crippen LogP) is 2.83. The molecule has 0 radical (unpaired) electrons. The highest BCUT2D eigenvalue weighted by molar-refractivity contribution is 7.89. The number of sulfonamides is 1. The Kier molecular flexibility index (Phi) is 7.24. The Morgan fingerprint density at radius 3 is 2.61 bits per heavy atom. The van der Waals surface area contributed by atoms with Gasteiger partial charge in [0.25, 0.3) is 5.91 Å². The Morgan fingerprint density at radius 2 is 1.90 bits per heavy atom. The van der Waals surface area contributed by atoms with Gasteiger partial charge in [-0.1, -0.05) is 13.8 Å². The Balaban J connectivity index is 1.74. The molecule has 3 rings (SSSR count). The summed E-state index contributed by atoms with van der Waals surface area (Å²) >= 11 is 0. The Bertz CT molecular complexity index is 1070. The van der Waals surface area contributed by atoms with Crippen LogP contribution in [0.3, 0.4) is 0 Å². The molecule has 1 heterocycles. The predicted molar refractivity (Wildman–Crippen MR) is 109 cm³/mol. The monoisotopic (exact) mass is 454 g/mol. The number of amides is 1. The van der Waals surface area contributed by atoms with Gasteiger partial charge in [-0.05, 0) is 42.3 Å². The number of fused-ring (bicyclic) bond motifs is 1. The van der Waals surface area contributed by atoms with Crippen LogP contribution in [-0.4, -0.2) is 45.1 Å². The lowest BCUT2D eigenvalue weighted by atomic mass is 10.1. The molecule has 10 heteroatoms. The maximum Gasteiger partial charge on any atom is 0.254 e. The second kappa shape index (κ2) is 9.71. The van der Waals surface area contributed by atoms with E-state index in [-0.39, 0.29) is 49.9 Å². The number of hydrogen-bond acceptors (Lipinski definition) is 5. The van der Waals surface area contributed by atoms with Crippen molar-refractivity contribution in [2.75, 3.05) is 26.4 Å². The molecule has 0 aromatic heterocycles. The van der Waals surface area contributed by atoms with Crippen LogP contribution in [0.5, 0.6) is 5.75 Å². The van der Waals surface area contributed by atoms with E-state index in [9.17, 15) is 22.0 Å². The zero-order chi connectivity index (χ0) is 22.6. The van der Waals surface area contributed by atoms with Gasteiger partial charge in [-0.3, -0.25) is 4.79 Å². The molecule has 31 heavy (non-hydrogen) atoms. The van der Waals surface area contributed by atoms with Crippen LogP contribution < -0.4 is 10.1 Å². The lowest BCUT2D eigenvalue weighted by Gasteiger charge is -2.21. The fourth-order valence-electron chi connectivity index (χ4n) is 3.40. The first kappa shape index (κ1) is 23.1. The third kappa shape index (κ3) is 5.03. The van der Waals surface area contributed by atoms with E-state index in [0.29, 0.717) is 16.9 Å². The van der Waals surface area contributed by atoms with Crippen molar-refractivity contribution in [2.24, 2.45) is 0 Å². The molecule has 168 valence electrons. The normalized spacial score (nSPS) is 13.6. The Morgan fingerprint density at radius 1 is 1.16 bits per heavy atom. The standard InChI is InChI=1S/C21H24F2N2O5S/c1-3-25(4-2)31(27,28)17-5-6-19(23)18(11-17)21(26)24-8-7-14-9-16(22)10-15-12-29-13-30-20(14)15/h5-6,9-11H,3-4,7-8,12-13H2,1-2H3,(H,24,26). The molecule has 2 aromatic carbocycles. The zero-order valence-electron chi connectivity index (χ0n) is 17.3. The third-order valence-electron chi connectivity index (χ3n) is 4.96. The lowest BCUT2D eigenvalue weighted by Crippen LogP contribution is -2.31. The highest BCUT2D eigenvalue weighted by Crippen LogP contribution is 2.29. The van der Waals surface area contributed by atoms with Gasteiger partial charge in [-0.15, -0.1) is 0 Å². The summed E-state index contributed by atoms with van der Waals surface area (Å²) < 4.78 is 65.2. The SMILES string of the molecule is CCN(CC)S(=O)(=O)c1ccc(F)c(C(=O)NCCc2cc(F)cc3c2OCOC3)c1. The van der Waals surface area contributed by atoms with Gasteiger partial charge in [-0.2, -0.15) is 4.31 Å². The van der Waals surface area contributed by atoms with Crippen molar-refractivity contribution in [3.05, 3.63) is 58.7 Å². The van der Waals surface area contributed by atoms with Crippen LogP contribution >= 0.6 is 0 Å². The van der Waals surface area contributed by atoms with Crippen LogP contribution in [0, 0.1) is 11.6 Å². The van der Waals surface area contributed by atoms with Gasteiger partial charge in [0.15, 0.2) is 6.79 Å². The number of nitrogens with one attached hydrogen (secondary N) is 1. The number of carbonyl (C=O) groups is 1. The first-order chi connectivity index (χ1) is 14.8. The lowest BCUT2D eigenvalue weighted by molar-refractivity contribution is -0.0172. The largest absolute Gasteiger partial charge is 0.467 e. The molecule has 0 spiro atoms. The number of benzene rings is 2. The number of carbonyl (C=O) groups excluding carboxylic acids is 1. The minimum absolute atomic E-state index is 0.0526. The summed E-state index contributed by atoms with van der Waals surface area (Å²) in [6.07, 6.45) is 0.241. The second-order valence-corrected chi connectivity index (χ2v) is 8.84. The maximum absolute atomic E-state index is 14.2. The summed E-state index contributed by atoms with van der Waals surface area (Å²) in [5.74, 6) is -1.53. The van der Waals surface area contributed by atoms with Gasteiger partial charge in [0.05, 0.1) is 17.1 Å². The van der Waals surface area contributed by atoms with Crippen molar-refractivity contribution in [1.29, 1.82) is 0 Å². The van der Waals surface area contributed by atoms with Gasteiger partial charge in [0.2, 0.25) is 10.0 Å². The summed E-state index contributed by atoms with van der Waals surface area (Å²) in [7, 11) is -3.84. The molecule has 1 N–H and O–H groups in total. The van der Waals surface area contributed by atoms with Crippen molar-refractivity contribution >= 4 is 15.9 Å². The Labute approximate surface area is 180 Å². The van der Waals surface area contributed by atoms with E-state index in [1.54, 1.807) is 13.8 Å². The quantitative estimate of drug-likeness (QED) is 0.663. The van der Waals surface area contributed by atoms with Gasteiger partial charge >= 0.3 is 0 Å². The summed E-state index contributed by atoms with van der Waals surface area (Å²) in [5.41, 5.74) is 0.754. The van der Waals surface area contributed by atoms with Crippen molar-refractivity contribution in [3.8, 4) is 5.75 Å². The average molecular weight is 454 g/mol. The van der Waals surface area contributed by atoms with Crippen LogP contribution in [0.15, 0.2) is 35.2 Å². The van der Waals surface area contributed by atoms with Gasteiger partial charge in [0, 0.05) is 25.2 Å². The molecular weight excluding hydrogens is 430 g/mol. The van der Waals surface area contributed by atoms with Crippen molar-refractivity contribution in [2.45, 2.75) is 31.8 Å². The molecule has 0 bridgehead atoms. The fraction of sp³-hybridized carbons (Fsp3) is 0.381. The van der Waals surface area contributed by atoms with Crippen LogP contribution in [0.25, 0.3) is 0 Å². The van der Waals surface area contributed by atoms with Crippen LogP contribution in [0.1, 0.15) is 35.3 Å². The number of nitrogens with zero attached hydrogens (tertiary/aromatic N) is 1. The van der Waals surface area contributed by atoms with E-state index < -0.39 is 27.6 Å². The highest BCUT2D eigenvalue weighted by atomic mass is 32.2. The molecular formula is C21H24F2N2O5S. The number of hydrogen-bond donors (Lipinski definition) is 1. The van der Waals surface area contributed by atoms with E-state index >= 15 is 0 Å². The molecule has 0 unspecified atom stereocenters. The third-order valence-corrected chi connectivity index (χ3v) is 7.00. The summed E-state index contributed by atoms with van der Waals surface area (Å²) in [6.45, 7) is 4.25. The molecule has 1 amide bonds. The second-order valence-electron chi connectivity index (χ2n) is 6.90. The highest BCUT2D eigenvalue weighted by Gasteiger charge is 2.24. The first-order valence-electron chi connectivity index (χ1n) is 9.87. The first-order valence-corrected chi connectivity index (χ1v) is 11.3. The molecule has 0 aliphatic carbocycles. The number of halogens is 2. The molecule has 7 nitrogen and oxygen atoms in total. The fourth-order valence-corrected chi connectivity index (χ4v) is 4.88. The average Bonchev–Trinajstić information content (AvgIpc) is 2.74. The summed E-state index contributed by atoms with van der Waals surface area (Å²) in [4.78, 5) is 12.4. The van der Waals surface area contributed by atoms with Crippen molar-refractivity contribution in [1.82, 2.24) is 9.62 Å². The smallest absolute Gasteiger partial charge is 0.254 e. The molecule has 0 saturated carbocycles. The summed E-state index contributed by atoms with van der Waals surface area (Å²) in [6, 6.07) is 5.77. The van der Waals surface area contributed by atoms with Crippen molar-refractivity contribution in [3.63, 3.8) is 0 Å². The van der Waals surface area contributed by atoms with Gasteiger partial charge in [0.1, 0.15) is 17.4 Å². The van der Waals surface area contributed by atoms with Crippen LogP contribution in [-0.2, 0) is 27.8 Å². The topological polar surface area (TPSA) is 84.9 Å². The maximum atomic E-state index is 14.2. The molecule has 1 aliphatic heterocycles. The minimum atomic E-state index is -3.84. The van der Waals surface area contributed by atoms with Crippen molar-refractivity contribution < 1.29 is 31.5 Å². The minimum Gasteiger partial charge on any atom is -0.467 e. The van der Waals surface area contributed by atoms with Gasteiger partial charge < -0.3 is 14.8 Å². The Hall–Kier alpha value is -2.56.